The van der Waals surface area contributed by atoms with Gasteiger partial charge in [0.25, 0.3) is 0 Å². The number of halogens is 1. The minimum Gasteiger partial charge on any atom is -0.497 e. The van der Waals surface area contributed by atoms with Gasteiger partial charge in [0.05, 0.1) is 7.11 Å². The second-order valence-corrected chi connectivity index (χ2v) is 5.70. The summed E-state index contributed by atoms with van der Waals surface area (Å²) < 4.78 is 18.7. The summed E-state index contributed by atoms with van der Waals surface area (Å²) in [5, 5.41) is 3.45. The van der Waals surface area contributed by atoms with Crippen molar-refractivity contribution in [3.05, 3.63) is 59.4 Å². The van der Waals surface area contributed by atoms with Crippen LogP contribution < -0.4 is 10.1 Å². The van der Waals surface area contributed by atoms with Gasteiger partial charge in [0, 0.05) is 17.3 Å². The number of anilines is 1. The quantitative estimate of drug-likeness (QED) is 0.893. The molecule has 2 nitrogen and oxygen atoms in total. The van der Waals surface area contributed by atoms with Crippen molar-refractivity contribution < 1.29 is 9.13 Å². The van der Waals surface area contributed by atoms with Gasteiger partial charge >= 0.3 is 0 Å². The lowest BCUT2D eigenvalue weighted by Crippen LogP contribution is -2.34. The molecule has 0 aromatic heterocycles. The van der Waals surface area contributed by atoms with Gasteiger partial charge in [-0.15, -0.1) is 0 Å². The van der Waals surface area contributed by atoms with Crippen molar-refractivity contribution in [2.24, 2.45) is 0 Å². The van der Waals surface area contributed by atoms with Gasteiger partial charge in [-0.2, -0.15) is 0 Å². The molecule has 0 heterocycles. The van der Waals surface area contributed by atoms with Crippen molar-refractivity contribution >= 4 is 5.69 Å². The molecule has 0 unspecified atom stereocenters. The molecule has 0 bridgehead atoms. The molecule has 3 heteroatoms. The largest absolute Gasteiger partial charge is 0.497 e. The summed E-state index contributed by atoms with van der Waals surface area (Å²) in [7, 11) is 1.68. The molecule has 0 aliphatic heterocycles. The highest BCUT2D eigenvalue weighted by Crippen LogP contribution is 2.39. The van der Waals surface area contributed by atoms with Gasteiger partial charge in [-0.1, -0.05) is 18.2 Å². The lowest BCUT2D eigenvalue weighted by Gasteiger charge is -2.37. The molecular formula is C18H20FNO. The van der Waals surface area contributed by atoms with Gasteiger partial charge < -0.3 is 10.1 Å². The van der Waals surface area contributed by atoms with E-state index in [9.17, 15) is 4.39 Å². The van der Waals surface area contributed by atoms with Crippen LogP contribution >= 0.6 is 0 Å². The van der Waals surface area contributed by atoms with Crippen LogP contribution in [-0.4, -0.2) is 13.2 Å². The number of hydrogen-bond acceptors (Lipinski definition) is 2. The maximum Gasteiger partial charge on any atom is 0.128 e. The molecular weight excluding hydrogens is 265 g/mol. The van der Waals surface area contributed by atoms with Crippen LogP contribution in [0.25, 0.3) is 0 Å². The first-order valence-corrected chi connectivity index (χ1v) is 7.33. The first-order chi connectivity index (χ1) is 10.2. The second kappa shape index (κ2) is 5.76. The number of benzene rings is 2. The molecule has 2 aromatic rings. The molecule has 0 atom stereocenters. The molecule has 1 aliphatic carbocycles. The van der Waals surface area contributed by atoms with Crippen molar-refractivity contribution in [1.82, 2.24) is 0 Å². The molecule has 1 saturated carbocycles. The summed E-state index contributed by atoms with van der Waals surface area (Å²) in [6.07, 6.45) is 2.17. The highest BCUT2D eigenvalue weighted by atomic mass is 19.1. The fraction of sp³-hybridized carbons (Fsp3) is 0.333. The van der Waals surface area contributed by atoms with Crippen molar-refractivity contribution in [1.29, 1.82) is 0 Å². The molecule has 1 fully saturated rings. The van der Waals surface area contributed by atoms with Crippen LogP contribution in [0.2, 0.25) is 0 Å². The fourth-order valence-corrected chi connectivity index (χ4v) is 2.87. The smallest absolute Gasteiger partial charge is 0.128 e. The minimum atomic E-state index is -0.147. The SMILES string of the molecule is COc1ccc(C2CC(Nc3cccc(F)c3C)C2)cc1. The molecule has 0 saturated heterocycles. The Morgan fingerprint density at radius 1 is 1.10 bits per heavy atom. The zero-order valence-electron chi connectivity index (χ0n) is 12.4. The van der Waals surface area contributed by atoms with Crippen molar-refractivity contribution in [3.8, 4) is 5.75 Å². The Bertz CT molecular complexity index is 618. The van der Waals surface area contributed by atoms with E-state index in [-0.39, 0.29) is 5.82 Å². The first kappa shape index (κ1) is 13.9. The van der Waals surface area contributed by atoms with Crippen LogP contribution in [-0.2, 0) is 0 Å². The molecule has 0 amide bonds. The second-order valence-electron chi connectivity index (χ2n) is 5.70. The van der Waals surface area contributed by atoms with Crippen molar-refractivity contribution in [2.45, 2.75) is 31.7 Å². The highest BCUT2D eigenvalue weighted by Gasteiger charge is 2.30. The molecule has 2 aromatic carbocycles. The average Bonchev–Trinajstić information content (AvgIpc) is 2.47. The highest BCUT2D eigenvalue weighted by molar-refractivity contribution is 5.52. The zero-order valence-corrected chi connectivity index (χ0v) is 12.4. The Kier molecular flexibility index (Phi) is 3.82. The van der Waals surface area contributed by atoms with E-state index in [2.05, 4.69) is 17.4 Å². The normalized spacial score (nSPS) is 20.7. The van der Waals surface area contributed by atoms with Gasteiger partial charge in [-0.25, -0.2) is 4.39 Å². The predicted molar refractivity (Wildman–Crippen MR) is 83.5 cm³/mol. The van der Waals surface area contributed by atoms with Gasteiger partial charge in [-0.05, 0) is 55.5 Å². The Morgan fingerprint density at radius 2 is 1.81 bits per heavy atom. The molecule has 1 aliphatic rings. The van der Waals surface area contributed by atoms with Gasteiger partial charge in [0.2, 0.25) is 0 Å². The Hall–Kier alpha value is -2.03. The predicted octanol–water partition coefficient (Wildman–Crippen LogP) is 4.50. The molecule has 110 valence electrons. The van der Waals surface area contributed by atoms with E-state index >= 15 is 0 Å². The van der Waals surface area contributed by atoms with Crippen LogP contribution in [0.15, 0.2) is 42.5 Å². The van der Waals surface area contributed by atoms with Crippen molar-refractivity contribution in [2.75, 3.05) is 12.4 Å². The summed E-state index contributed by atoms with van der Waals surface area (Å²) in [6, 6.07) is 13.9. The number of hydrogen-bond donors (Lipinski definition) is 1. The lowest BCUT2D eigenvalue weighted by atomic mass is 9.75. The first-order valence-electron chi connectivity index (χ1n) is 7.33. The molecule has 1 N–H and O–H groups in total. The van der Waals surface area contributed by atoms with Crippen LogP contribution in [0, 0.1) is 12.7 Å². The minimum absolute atomic E-state index is 0.147. The van der Waals surface area contributed by atoms with E-state index in [4.69, 9.17) is 4.74 Å². The van der Waals surface area contributed by atoms with Crippen LogP contribution in [0.5, 0.6) is 5.75 Å². The average molecular weight is 285 g/mol. The van der Waals surface area contributed by atoms with E-state index in [0.717, 1.165) is 24.3 Å². The topological polar surface area (TPSA) is 21.3 Å². The number of methoxy groups -OCH3 is 1. The summed E-state index contributed by atoms with van der Waals surface area (Å²) in [4.78, 5) is 0. The summed E-state index contributed by atoms with van der Waals surface area (Å²) >= 11 is 0. The van der Waals surface area contributed by atoms with Gasteiger partial charge in [0.1, 0.15) is 11.6 Å². The maximum absolute atomic E-state index is 13.5. The summed E-state index contributed by atoms with van der Waals surface area (Å²) in [6.45, 7) is 1.82. The van der Waals surface area contributed by atoms with Crippen LogP contribution in [0.4, 0.5) is 10.1 Å². The molecule has 21 heavy (non-hydrogen) atoms. The Balaban J connectivity index is 1.59. The van der Waals surface area contributed by atoms with Gasteiger partial charge in [0.15, 0.2) is 0 Å². The Morgan fingerprint density at radius 3 is 2.48 bits per heavy atom. The van der Waals surface area contributed by atoms with E-state index in [1.807, 2.05) is 25.1 Å². The monoisotopic (exact) mass is 285 g/mol. The molecule has 3 rings (SSSR count). The summed E-state index contributed by atoms with van der Waals surface area (Å²) in [5.41, 5.74) is 2.96. The number of nitrogens with one attached hydrogen (secondary N) is 1. The zero-order chi connectivity index (χ0) is 14.8. The standard InChI is InChI=1S/C18H20FNO/c1-12-17(19)4-3-5-18(12)20-15-10-14(11-15)13-6-8-16(21-2)9-7-13/h3-9,14-15,20H,10-11H2,1-2H3. The molecule has 0 radical (unpaired) electrons. The fourth-order valence-electron chi connectivity index (χ4n) is 2.87. The summed E-state index contributed by atoms with van der Waals surface area (Å²) in [5.74, 6) is 1.33. The third-order valence-electron chi connectivity index (χ3n) is 4.35. The van der Waals surface area contributed by atoms with Crippen LogP contribution in [0.3, 0.4) is 0 Å². The maximum atomic E-state index is 13.5. The van der Waals surface area contributed by atoms with E-state index in [1.165, 1.54) is 11.6 Å². The lowest BCUT2D eigenvalue weighted by molar-refractivity contribution is 0.372. The third-order valence-corrected chi connectivity index (χ3v) is 4.35. The van der Waals surface area contributed by atoms with E-state index in [0.29, 0.717) is 17.5 Å². The van der Waals surface area contributed by atoms with Crippen LogP contribution in [0.1, 0.15) is 29.9 Å². The van der Waals surface area contributed by atoms with Gasteiger partial charge in [-0.3, -0.25) is 0 Å². The molecule has 0 spiro atoms. The van der Waals surface area contributed by atoms with E-state index in [1.54, 1.807) is 13.2 Å². The Labute approximate surface area is 125 Å². The number of rotatable bonds is 4. The number of ether oxygens (including phenoxy) is 1. The van der Waals surface area contributed by atoms with E-state index < -0.39 is 0 Å². The van der Waals surface area contributed by atoms with Crippen molar-refractivity contribution in [3.63, 3.8) is 0 Å². The third kappa shape index (κ3) is 2.87.